The van der Waals surface area contributed by atoms with E-state index in [1.165, 1.54) is 19.9 Å². The average Bonchev–Trinajstić information content (AvgIpc) is 2.43. The van der Waals surface area contributed by atoms with E-state index in [9.17, 15) is 36.6 Å². The van der Waals surface area contributed by atoms with Crippen LogP contribution in [-0.4, -0.2) is 36.7 Å². The number of aliphatic hydroxyl groups excluding tert-OH is 1. The lowest BCUT2D eigenvalue weighted by molar-refractivity contribution is -0.271. The first kappa shape index (κ1) is 20.4. The molecule has 0 aliphatic heterocycles. The standard InChI is InChI=1S/C15H15F3O7S/c1-14(2,21)12(19)6-9-5-8-3-4-13(20)24-10(8)7-11(9)26(22,23)25-15(16,17)18/h3-5,7,12,19,21H,6H2,1-2H3/t12-/m0/s1. The van der Waals surface area contributed by atoms with E-state index < -0.39 is 45.1 Å². The number of alkyl halides is 3. The molecule has 2 N–H and O–H groups in total. The van der Waals surface area contributed by atoms with Crippen molar-refractivity contribution in [2.24, 2.45) is 0 Å². The zero-order valence-corrected chi connectivity index (χ0v) is 14.4. The number of halogens is 3. The van der Waals surface area contributed by atoms with Crippen LogP contribution in [0.15, 0.2) is 38.4 Å². The molecule has 0 aliphatic carbocycles. The van der Waals surface area contributed by atoms with Crippen molar-refractivity contribution >= 4 is 21.1 Å². The predicted octanol–water partition coefficient (Wildman–Crippen LogP) is 1.69. The molecule has 0 bridgehead atoms. The monoisotopic (exact) mass is 396 g/mol. The average molecular weight is 396 g/mol. The predicted molar refractivity (Wildman–Crippen MR) is 82.8 cm³/mol. The second-order valence-electron chi connectivity index (χ2n) is 6.11. The van der Waals surface area contributed by atoms with Gasteiger partial charge in [-0.25, -0.2) is 4.79 Å². The van der Waals surface area contributed by atoms with E-state index in [-0.39, 0.29) is 16.5 Å². The van der Waals surface area contributed by atoms with E-state index in [0.29, 0.717) is 6.07 Å². The van der Waals surface area contributed by atoms with Crippen molar-refractivity contribution in [1.29, 1.82) is 0 Å². The SMILES string of the molecule is CC(C)(O)[C@@H](O)Cc1cc2ccc(=O)oc2cc1S(=O)(=O)OC(F)(F)F. The van der Waals surface area contributed by atoms with Gasteiger partial charge >= 0.3 is 22.1 Å². The lowest BCUT2D eigenvalue weighted by Gasteiger charge is -2.25. The van der Waals surface area contributed by atoms with E-state index in [1.54, 1.807) is 0 Å². The molecular weight excluding hydrogens is 381 g/mol. The highest BCUT2D eigenvalue weighted by Gasteiger charge is 2.39. The fourth-order valence-electron chi connectivity index (χ4n) is 2.16. The summed E-state index contributed by atoms with van der Waals surface area (Å²) in [6.45, 7) is 2.50. The maximum Gasteiger partial charge on any atom is 0.537 e. The molecule has 0 saturated heterocycles. The Morgan fingerprint density at radius 3 is 2.38 bits per heavy atom. The molecule has 1 atom stereocenters. The Morgan fingerprint density at radius 2 is 1.85 bits per heavy atom. The Hall–Kier alpha value is -1.95. The lowest BCUT2D eigenvalue weighted by Crippen LogP contribution is -2.37. The van der Waals surface area contributed by atoms with Crippen molar-refractivity contribution in [2.75, 3.05) is 0 Å². The molecule has 0 spiro atoms. The maximum atomic E-state index is 12.4. The van der Waals surface area contributed by atoms with Crippen LogP contribution in [0.5, 0.6) is 0 Å². The van der Waals surface area contributed by atoms with Crippen LogP contribution >= 0.6 is 0 Å². The second kappa shape index (κ2) is 6.65. The third-order valence-corrected chi connectivity index (χ3v) is 4.83. The van der Waals surface area contributed by atoms with Crippen LogP contribution in [-0.2, 0) is 20.7 Å². The van der Waals surface area contributed by atoms with E-state index in [0.717, 1.165) is 12.1 Å². The van der Waals surface area contributed by atoms with E-state index >= 15 is 0 Å². The van der Waals surface area contributed by atoms with Gasteiger partial charge in [0.05, 0.1) is 11.7 Å². The molecule has 0 unspecified atom stereocenters. The van der Waals surface area contributed by atoms with Gasteiger partial charge < -0.3 is 14.6 Å². The molecule has 1 aromatic carbocycles. The lowest BCUT2D eigenvalue weighted by atomic mass is 9.95. The van der Waals surface area contributed by atoms with Gasteiger partial charge in [0.25, 0.3) is 0 Å². The summed E-state index contributed by atoms with van der Waals surface area (Å²) in [5, 5.41) is 20.0. The van der Waals surface area contributed by atoms with E-state index in [4.69, 9.17) is 4.42 Å². The Bertz CT molecular complexity index is 971. The smallest absolute Gasteiger partial charge is 0.423 e. The molecule has 26 heavy (non-hydrogen) atoms. The van der Waals surface area contributed by atoms with Crippen molar-refractivity contribution in [2.45, 2.75) is 43.2 Å². The first-order valence-corrected chi connectivity index (χ1v) is 8.59. The van der Waals surface area contributed by atoms with Crippen molar-refractivity contribution in [1.82, 2.24) is 0 Å². The topological polar surface area (TPSA) is 114 Å². The fourth-order valence-corrected chi connectivity index (χ4v) is 3.22. The van der Waals surface area contributed by atoms with Crippen LogP contribution in [0.25, 0.3) is 11.0 Å². The summed E-state index contributed by atoms with van der Waals surface area (Å²) in [7, 11) is -5.32. The summed E-state index contributed by atoms with van der Waals surface area (Å²) in [6, 6.07) is 4.17. The molecule has 2 rings (SSSR count). The summed E-state index contributed by atoms with van der Waals surface area (Å²) in [5.74, 6) is 0. The zero-order valence-electron chi connectivity index (χ0n) is 13.6. The number of benzene rings is 1. The normalized spacial score (nSPS) is 14.6. The van der Waals surface area contributed by atoms with Crippen LogP contribution in [0, 0.1) is 0 Å². The van der Waals surface area contributed by atoms with Gasteiger partial charge in [0.15, 0.2) is 0 Å². The summed E-state index contributed by atoms with van der Waals surface area (Å²) in [5.41, 5.74) is -3.00. The molecule has 2 aromatic rings. The molecule has 0 fully saturated rings. The van der Waals surface area contributed by atoms with Crippen LogP contribution < -0.4 is 5.63 Å². The molecule has 11 heteroatoms. The van der Waals surface area contributed by atoms with Crippen LogP contribution in [0.2, 0.25) is 0 Å². The van der Waals surface area contributed by atoms with E-state index in [1.807, 2.05) is 0 Å². The summed E-state index contributed by atoms with van der Waals surface area (Å²) >= 11 is 0. The van der Waals surface area contributed by atoms with Gasteiger partial charge in [-0.2, -0.15) is 12.6 Å². The minimum atomic E-state index is -5.47. The maximum absolute atomic E-state index is 12.4. The Kier molecular flexibility index (Phi) is 5.21. The summed E-state index contributed by atoms with van der Waals surface area (Å²) < 4.78 is 69.3. The highest BCUT2D eigenvalue weighted by atomic mass is 32.2. The third kappa shape index (κ3) is 4.81. The van der Waals surface area contributed by atoms with Gasteiger partial charge in [-0.1, -0.05) is 0 Å². The van der Waals surface area contributed by atoms with Crippen molar-refractivity contribution in [3.63, 3.8) is 0 Å². The number of fused-ring (bicyclic) bond motifs is 1. The summed E-state index contributed by atoms with van der Waals surface area (Å²) in [4.78, 5) is 10.3. The summed E-state index contributed by atoms with van der Waals surface area (Å²) in [6.07, 6.45) is -7.46. The van der Waals surface area contributed by atoms with Gasteiger partial charge in [-0.3, -0.25) is 0 Å². The first-order valence-electron chi connectivity index (χ1n) is 7.19. The largest absolute Gasteiger partial charge is 0.537 e. The van der Waals surface area contributed by atoms with Gasteiger partial charge in [-0.15, -0.1) is 13.2 Å². The van der Waals surface area contributed by atoms with E-state index in [2.05, 4.69) is 4.18 Å². The first-order chi connectivity index (χ1) is 11.7. The van der Waals surface area contributed by atoms with Gasteiger partial charge in [0.1, 0.15) is 10.5 Å². The van der Waals surface area contributed by atoms with Crippen LogP contribution in [0.4, 0.5) is 13.2 Å². The molecular formula is C15H15F3O7S. The molecule has 1 heterocycles. The number of hydrogen-bond acceptors (Lipinski definition) is 7. The molecule has 0 aliphatic rings. The Balaban J connectivity index is 2.68. The van der Waals surface area contributed by atoms with Crippen molar-refractivity contribution < 1.29 is 40.4 Å². The fraction of sp³-hybridized carbons (Fsp3) is 0.400. The minimum Gasteiger partial charge on any atom is -0.423 e. The zero-order chi connectivity index (χ0) is 19.9. The number of hydrogen-bond donors (Lipinski definition) is 2. The Labute approximate surface area is 145 Å². The van der Waals surface area contributed by atoms with Gasteiger partial charge in [0.2, 0.25) is 0 Å². The van der Waals surface area contributed by atoms with Gasteiger partial charge in [0, 0.05) is 23.9 Å². The molecule has 0 saturated carbocycles. The quantitative estimate of drug-likeness (QED) is 0.584. The molecule has 144 valence electrons. The molecule has 1 aromatic heterocycles. The third-order valence-electron chi connectivity index (χ3n) is 3.50. The highest BCUT2D eigenvalue weighted by molar-refractivity contribution is 7.86. The Morgan fingerprint density at radius 1 is 1.23 bits per heavy atom. The van der Waals surface area contributed by atoms with Crippen molar-refractivity contribution in [3.05, 3.63) is 40.2 Å². The number of aliphatic hydroxyl groups is 2. The minimum absolute atomic E-state index is 0.216. The van der Waals surface area contributed by atoms with Crippen molar-refractivity contribution in [3.8, 4) is 0 Å². The highest BCUT2D eigenvalue weighted by Crippen LogP contribution is 2.30. The molecule has 0 amide bonds. The van der Waals surface area contributed by atoms with Crippen LogP contribution in [0.3, 0.4) is 0 Å². The second-order valence-corrected chi connectivity index (χ2v) is 7.62. The van der Waals surface area contributed by atoms with Gasteiger partial charge in [-0.05, 0) is 31.5 Å². The molecule has 7 nitrogen and oxygen atoms in total. The number of rotatable bonds is 5. The molecule has 0 radical (unpaired) electrons. The van der Waals surface area contributed by atoms with Crippen LogP contribution in [0.1, 0.15) is 19.4 Å².